The van der Waals surface area contributed by atoms with E-state index in [9.17, 15) is 8.42 Å². The first kappa shape index (κ1) is 20.1. The molecule has 9 heteroatoms. The maximum atomic E-state index is 12.2. The molecular weight excluding hydrogens is 414 g/mol. The van der Waals surface area contributed by atoms with Gasteiger partial charge >= 0.3 is 0 Å². The first-order chi connectivity index (χ1) is 14.8. The van der Waals surface area contributed by atoms with E-state index in [-0.39, 0.29) is 17.2 Å². The van der Waals surface area contributed by atoms with Crippen LogP contribution in [0.15, 0.2) is 30.3 Å². The summed E-state index contributed by atoms with van der Waals surface area (Å²) in [5.41, 5.74) is 9.71. The van der Waals surface area contributed by atoms with Gasteiger partial charge in [0.2, 0.25) is 10.0 Å². The summed E-state index contributed by atoms with van der Waals surface area (Å²) in [5, 5.41) is 9.11. The highest BCUT2D eigenvalue weighted by molar-refractivity contribution is 7.93. The number of nitrogens with one attached hydrogen (secondary N) is 1. The van der Waals surface area contributed by atoms with Gasteiger partial charge in [0.1, 0.15) is 11.4 Å². The first-order valence-electron chi connectivity index (χ1n) is 10.8. The molecule has 3 aromatic rings. The molecule has 2 saturated carbocycles. The molecule has 3 N–H and O–H groups in total. The lowest BCUT2D eigenvalue weighted by Gasteiger charge is -2.30. The number of nitrogens with two attached hydrogens (primary N) is 1. The number of hydrogen-bond acceptors (Lipinski definition) is 6. The smallest absolute Gasteiger partial charge is 0.236 e. The number of anilines is 2. The van der Waals surface area contributed by atoms with Crippen molar-refractivity contribution in [3.63, 3.8) is 0 Å². The monoisotopic (exact) mass is 441 g/mol. The van der Waals surface area contributed by atoms with Gasteiger partial charge in [0.05, 0.1) is 28.3 Å². The zero-order valence-corrected chi connectivity index (χ0v) is 18.5. The summed E-state index contributed by atoms with van der Waals surface area (Å²) in [7, 11) is -3.37. The third-order valence-corrected chi connectivity index (χ3v) is 7.79. The van der Waals surface area contributed by atoms with E-state index in [0.717, 1.165) is 35.2 Å². The second-order valence-electron chi connectivity index (χ2n) is 8.71. The molecule has 2 heterocycles. The number of nitrogens with zero attached hydrogens (tertiary/aromatic N) is 3. The Morgan fingerprint density at radius 3 is 2.48 bits per heavy atom. The molecule has 0 saturated heterocycles. The van der Waals surface area contributed by atoms with Crippen LogP contribution in [0.5, 0.6) is 5.75 Å². The van der Waals surface area contributed by atoms with Crippen molar-refractivity contribution in [2.24, 2.45) is 0 Å². The number of ether oxygens (including phenoxy) is 1. The summed E-state index contributed by atoms with van der Waals surface area (Å²) < 4.78 is 35.0. The number of nitrogen functional groups attached to an aromatic ring is 1. The summed E-state index contributed by atoms with van der Waals surface area (Å²) in [6, 6.07) is 9.75. The van der Waals surface area contributed by atoms with Crippen LogP contribution in [-0.4, -0.2) is 34.5 Å². The Bertz CT molecular complexity index is 1230. The van der Waals surface area contributed by atoms with E-state index in [2.05, 4.69) is 19.5 Å². The van der Waals surface area contributed by atoms with Crippen LogP contribution in [-0.2, 0) is 10.0 Å². The molecule has 2 aromatic heterocycles. The maximum Gasteiger partial charge on any atom is 0.236 e. The van der Waals surface area contributed by atoms with Crippen molar-refractivity contribution in [2.75, 3.05) is 10.5 Å². The van der Waals surface area contributed by atoms with Crippen molar-refractivity contribution in [1.29, 1.82) is 0 Å². The quantitative estimate of drug-likeness (QED) is 0.571. The summed E-state index contributed by atoms with van der Waals surface area (Å²) in [5.74, 6) is 1.04. The fourth-order valence-corrected chi connectivity index (χ4v) is 5.39. The third-order valence-electron chi connectivity index (χ3n) is 5.94. The second-order valence-corrected chi connectivity index (χ2v) is 10.7. The molecule has 0 aliphatic heterocycles. The molecule has 2 aliphatic rings. The summed E-state index contributed by atoms with van der Waals surface area (Å²) >= 11 is 0. The zero-order valence-electron chi connectivity index (χ0n) is 17.7. The molecule has 0 radical (unpaired) electrons. The number of rotatable bonds is 7. The van der Waals surface area contributed by atoms with Gasteiger partial charge in [0, 0.05) is 17.5 Å². The normalized spacial score (nSPS) is 17.1. The van der Waals surface area contributed by atoms with Gasteiger partial charge in [-0.25, -0.2) is 8.42 Å². The Balaban J connectivity index is 1.56. The van der Waals surface area contributed by atoms with E-state index in [4.69, 9.17) is 10.5 Å². The first-order valence-corrected chi connectivity index (χ1v) is 12.3. The Hall–Kier alpha value is -2.81. The van der Waals surface area contributed by atoms with Crippen LogP contribution in [0.1, 0.15) is 52.0 Å². The molecular formula is C22H27N5O3S. The highest BCUT2D eigenvalue weighted by Crippen LogP contribution is 2.44. The number of sulfonamides is 1. The minimum atomic E-state index is -3.37. The second kappa shape index (κ2) is 7.40. The Morgan fingerprint density at radius 2 is 1.90 bits per heavy atom. The number of benzene rings is 1. The Morgan fingerprint density at radius 1 is 1.13 bits per heavy atom. The lowest BCUT2D eigenvalue weighted by atomic mass is 9.92. The van der Waals surface area contributed by atoms with Gasteiger partial charge in [-0.15, -0.1) is 10.2 Å². The van der Waals surface area contributed by atoms with E-state index < -0.39 is 10.0 Å². The van der Waals surface area contributed by atoms with Crippen LogP contribution in [0, 0.1) is 0 Å². The van der Waals surface area contributed by atoms with E-state index in [1.807, 2.05) is 32.0 Å². The maximum absolute atomic E-state index is 12.2. The van der Waals surface area contributed by atoms with Crippen LogP contribution in [0.25, 0.3) is 22.3 Å². The molecule has 2 fully saturated rings. The topological polar surface area (TPSA) is 112 Å². The molecule has 0 amide bonds. The number of hydrogen-bond donors (Lipinski definition) is 2. The van der Waals surface area contributed by atoms with Crippen LogP contribution >= 0.6 is 0 Å². The van der Waals surface area contributed by atoms with E-state index in [0.29, 0.717) is 30.3 Å². The molecule has 164 valence electrons. The van der Waals surface area contributed by atoms with Crippen molar-refractivity contribution in [3.05, 3.63) is 30.3 Å². The highest BCUT2D eigenvalue weighted by atomic mass is 32.2. The Labute approximate surface area is 181 Å². The predicted octanol–water partition coefficient (Wildman–Crippen LogP) is 4.10. The van der Waals surface area contributed by atoms with Gasteiger partial charge in [-0.3, -0.25) is 4.72 Å². The van der Waals surface area contributed by atoms with Gasteiger partial charge in [-0.05, 0) is 70.2 Å². The van der Waals surface area contributed by atoms with E-state index in [1.165, 1.54) is 6.42 Å². The number of aromatic nitrogens is 3. The van der Waals surface area contributed by atoms with Crippen molar-refractivity contribution < 1.29 is 13.2 Å². The van der Waals surface area contributed by atoms with Crippen molar-refractivity contribution in [1.82, 2.24) is 14.8 Å². The highest BCUT2D eigenvalue weighted by Gasteiger charge is 2.36. The molecule has 2 aliphatic carbocycles. The SMILES string of the molecule is CC(C)Oc1ccc2c(N)c(-c3ccc(NS(=O)(=O)C4CC4)nn3)n(C3CCC3)c2c1. The van der Waals surface area contributed by atoms with Crippen LogP contribution in [0.2, 0.25) is 0 Å². The van der Waals surface area contributed by atoms with Crippen LogP contribution in [0.4, 0.5) is 11.5 Å². The molecule has 1 aromatic carbocycles. The van der Waals surface area contributed by atoms with Gasteiger partial charge in [-0.2, -0.15) is 0 Å². The Kier molecular flexibility index (Phi) is 4.80. The average Bonchev–Trinajstić information content (AvgIpc) is 3.49. The van der Waals surface area contributed by atoms with Gasteiger partial charge < -0.3 is 15.0 Å². The minimum Gasteiger partial charge on any atom is -0.491 e. The third kappa shape index (κ3) is 3.71. The van der Waals surface area contributed by atoms with Crippen LogP contribution < -0.4 is 15.2 Å². The fraction of sp³-hybridized carbons (Fsp3) is 0.455. The summed E-state index contributed by atoms with van der Waals surface area (Å²) in [6.45, 7) is 4.01. The largest absolute Gasteiger partial charge is 0.491 e. The van der Waals surface area contributed by atoms with Crippen molar-refractivity contribution in [2.45, 2.75) is 63.3 Å². The summed E-state index contributed by atoms with van der Waals surface area (Å²) in [6.07, 6.45) is 4.82. The van der Waals surface area contributed by atoms with Gasteiger partial charge in [0.25, 0.3) is 0 Å². The standard InChI is InChI=1S/C22H27N5O3S/c1-13(2)30-15-6-9-17-19(12-15)27(14-4-3-5-14)22(21(17)23)18-10-11-20(25-24-18)26-31(28,29)16-7-8-16/h6,9-14,16H,3-5,7-8,23H2,1-2H3,(H,25,26). The average molecular weight is 442 g/mol. The molecule has 0 unspecified atom stereocenters. The fourth-order valence-electron chi connectivity index (χ4n) is 4.07. The minimum absolute atomic E-state index is 0.0826. The molecule has 31 heavy (non-hydrogen) atoms. The zero-order chi connectivity index (χ0) is 21.8. The van der Waals surface area contributed by atoms with Gasteiger partial charge in [-0.1, -0.05) is 0 Å². The summed E-state index contributed by atoms with van der Waals surface area (Å²) in [4.78, 5) is 0. The number of fused-ring (bicyclic) bond motifs is 1. The molecule has 5 rings (SSSR count). The van der Waals surface area contributed by atoms with E-state index >= 15 is 0 Å². The van der Waals surface area contributed by atoms with Crippen molar-refractivity contribution >= 4 is 32.4 Å². The molecule has 0 spiro atoms. The molecule has 8 nitrogen and oxygen atoms in total. The lowest BCUT2D eigenvalue weighted by Crippen LogP contribution is -2.19. The van der Waals surface area contributed by atoms with Crippen molar-refractivity contribution in [3.8, 4) is 17.1 Å². The molecule has 0 atom stereocenters. The molecule has 0 bridgehead atoms. The van der Waals surface area contributed by atoms with Crippen LogP contribution in [0.3, 0.4) is 0 Å². The predicted molar refractivity (Wildman–Crippen MR) is 122 cm³/mol. The van der Waals surface area contributed by atoms with E-state index in [1.54, 1.807) is 12.1 Å². The lowest BCUT2D eigenvalue weighted by molar-refractivity contribution is 0.242. The van der Waals surface area contributed by atoms with Gasteiger partial charge in [0.15, 0.2) is 5.82 Å².